The minimum atomic E-state index is -0.796. The van der Waals surface area contributed by atoms with E-state index in [1.807, 2.05) is 48.7 Å². The Morgan fingerprint density at radius 3 is 2.81 bits per heavy atom. The van der Waals surface area contributed by atoms with Crippen LogP contribution < -0.4 is 0 Å². The minimum Gasteiger partial charge on any atom is -0.481 e. The van der Waals surface area contributed by atoms with Crippen LogP contribution in [0.15, 0.2) is 58.8 Å². The molecule has 138 valence electrons. The lowest BCUT2D eigenvalue weighted by atomic mass is 9.97. The summed E-state index contributed by atoms with van der Waals surface area (Å²) in [6.45, 7) is 2.68. The molecule has 1 aromatic heterocycles. The second kappa shape index (κ2) is 7.24. The smallest absolute Gasteiger partial charge is 0.304 e. The van der Waals surface area contributed by atoms with Gasteiger partial charge in [0.15, 0.2) is 0 Å². The second-order valence-electron chi connectivity index (χ2n) is 6.75. The first-order valence-corrected chi connectivity index (χ1v) is 9.88. The molecule has 1 aliphatic heterocycles. The zero-order chi connectivity index (χ0) is 19.0. The van der Waals surface area contributed by atoms with E-state index in [4.69, 9.17) is 0 Å². The van der Waals surface area contributed by atoms with Gasteiger partial charge in [-0.05, 0) is 42.0 Å². The van der Waals surface area contributed by atoms with Gasteiger partial charge in [-0.1, -0.05) is 48.2 Å². The van der Waals surface area contributed by atoms with Crippen molar-refractivity contribution in [2.45, 2.75) is 37.1 Å². The molecule has 4 rings (SSSR count). The summed E-state index contributed by atoms with van der Waals surface area (Å²) in [6.07, 6.45) is 2.84. The molecule has 0 saturated heterocycles. The molecule has 0 aliphatic carbocycles. The fourth-order valence-corrected chi connectivity index (χ4v) is 5.01. The van der Waals surface area contributed by atoms with Crippen molar-refractivity contribution >= 4 is 28.6 Å². The quantitative estimate of drug-likeness (QED) is 0.548. The first-order chi connectivity index (χ1) is 13.1. The van der Waals surface area contributed by atoms with Crippen molar-refractivity contribution in [3.05, 3.63) is 65.5 Å². The maximum absolute atomic E-state index is 14.5. The van der Waals surface area contributed by atoms with E-state index in [-0.39, 0.29) is 18.2 Å². The van der Waals surface area contributed by atoms with Crippen LogP contribution >= 0.6 is 11.8 Å². The van der Waals surface area contributed by atoms with E-state index in [2.05, 4.69) is 4.57 Å². The number of benzene rings is 2. The van der Waals surface area contributed by atoms with Gasteiger partial charge in [-0.2, -0.15) is 0 Å². The van der Waals surface area contributed by atoms with Crippen molar-refractivity contribution < 1.29 is 14.3 Å². The number of aryl methyl sites for hydroxylation is 1. The Balaban J connectivity index is 2.03. The Kier molecular flexibility index (Phi) is 4.79. The summed E-state index contributed by atoms with van der Waals surface area (Å²) < 4.78 is 16.6. The SMILES string of the molecule is C/C=C/Sc1c2n(c3cc(F)cc(-c4ccccc4)c13)CCC2CC(=O)O. The van der Waals surface area contributed by atoms with Gasteiger partial charge in [0.05, 0.1) is 11.9 Å². The van der Waals surface area contributed by atoms with Gasteiger partial charge >= 0.3 is 5.97 Å². The third-order valence-corrected chi connectivity index (χ3v) is 6.10. The topological polar surface area (TPSA) is 42.2 Å². The summed E-state index contributed by atoms with van der Waals surface area (Å²) in [4.78, 5) is 12.4. The molecule has 3 nitrogen and oxygen atoms in total. The molecule has 1 N–H and O–H groups in total. The number of fused-ring (bicyclic) bond motifs is 3. The third-order valence-electron chi connectivity index (χ3n) is 5.04. The molecule has 0 amide bonds. The Hall–Kier alpha value is -2.53. The molecule has 0 saturated carbocycles. The van der Waals surface area contributed by atoms with E-state index < -0.39 is 5.97 Å². The van der Waals surface area contributed by atoms with Gasteiger partial charge in [0.2, 0.25) is 0 Å². The number of carbonyl (C=O) groups is 1. The molecule has 1 aliphatic rings. The average molecular weight is 381 g/mol. The Morgan fingerprint density at radius 1 is 1.33 bits per heavy atom. The summed E-state index contributed by atoms with van der Waals surface area (Å²) in [6, 6.07) is 13.0. The Labute approximate surface area is 161 Å². The lowest BCUT2D eigenvalue weighted by Crippen LogP contribution is -2.04. The van der Waals surface area contributed by atoms with Crippen LogP contribution in [0.1, 0.15) is 31.4 Å². The van der Waals surface area contributed by atoms with Crippen LogP contribution in [0.5, 0.6) is 0 Å². The highest BCUT2D eigenvalue weighted by Crippen LogP contribution is 2.48. The van der Waals surface area contributed by atoms with Gasteiger partial charge in [-0.15, -0.1) is 0 Å². The molecule has 1 atom stereocenters. The molecular formula is C22H20FNO2S. The maximum atomic E-state index is 14.5. The molecule has 0 fully saturated rings. The standard InChI is InChI=1S/C22H20FNO2S/c1-2-10-27-22-20-17(14-6-4-3-5-7-14)12-16(23)13-18(20)24-9-8-15(21(22)24)11-19(25)26/h2-7,10,12-13,15H,8-9,11H2,1H3,(H,25,26)/b10-2+. The first kappa shape index (κ1) is 17.9. The van der Waals surface area contributed by atoms with E-state index in [0.717, 1.165) is 45.6 Å². The van der Waals surface area contributed by atoms with Crippen LogP contribution in [0.2, 0.25) is 0 Å². The molecule has 27 heavy (non-hydrogen) atoms. The molecule has 2 heterocycles. The number of hydrogen-bond acceptors (Lipinski definition) is 2. The van der Waals surface area contributed by atoms with E-state index in [0.29, 0.717) is 0 Å². The molecule has 3 aromatic rings. The zero-order valence-electron chi connectivity index (χ0n) is 15.0. The van der Waals surface area contributed by atoms with E-state index in [1.165, 1.54) is 0 Å². The summed E-state index contributed by atoms with van der Waals surface area (Å²) in [5.74, 6) is -1.12. The maximum Gasteiger partial charge on any atom is 0.304 e. The van der Waals surface area contributed by atoms with Gasteiger partial charge < -0.3 is 9.67 Å². The fraction of sp³-hybridized carbons (Fsp3) is 0.227. The van der Waals surface area contributed by atoms with Gasteiger partial charge in [-0.25, -0.2) is 4.39 Å². The molecule has 5 heteroatoms. The van der Waals surface area contributed by atoms with Gasteiger partial charge in [0, 0.05) is 28.4 Å². The van der Waals surface area contributed by atoms with E-state index >= 15 is 0 Å². The lowest BCUT2D eigenvalue weighted by molar-refractivity contribution is -0.137. The van der Waals surface area contributed by atoms with Gasteiger partial charge in [0.1, 0.15) is 5.82 Å². The molecular weight excluding hydrogens is 361 g/mol. The third kappa shape index (κ3) is 3.16. The second-order valence-corrected chi connectivity index (χ2v) is 7.67. The number of hydrogen-bond donors (Lipinski definition) is 1. The number of nitrogens with zero attached hydrogens (tertiary/aromatic N) is 1. The lowest BCUT2D eigenvalue weighted by Gasteiger charge is -2.10. The number of halogens is 1. The Morgan fingerprint density at radius 2 is 2.11 bits per heavy atom. The van der Waals surface area contributed by atoms with Crippen molar-refractivity contribution in [3.8, 4) is 11.1 Å². The molecule has 1 unspecified atom stereocenters. The zero-order valence-corrected chi connectivity index (χ0v) is 15.8. The molecule has 0 bridgehead atoms. The first-order valence-electron chi connectivity index (χ1n) is 9.00. The monoisotopic (exact) mass is 381 g/mol. The highest BCUT2D eigenvalue weighted by Gasteiger charge is 2.32. The van der Waals surface area contributed by atoms with Crippen molar-refractivity contribution in [1.82, 2.24) is 4.57 Å². The van der Waals surface area contributed by atoms with Crippen LogP contribution in [0.25, 0.3) is 22.0 Å². The molecule has 0 radical (unpaired) electrons. The van der Waals surface area contributed by atoms with Gasteiger partial charge in [-0.3, -0.25) is 4.79 Å². The van der Waals surface area contributed by atoms with Crippen LogP contribution in [-0.4, -0.2) is 15.6 Å². The Bertz CT molecular complexity index is 1040. The fourth-order valence-electron chi connectivity index (χ4n) is 4.00. The van der Waals surface area contributed by atoms with E-state index in [9.17, 15) is 14.3 Å². The number of carboxylic acids is 1. The normalized spacial score (nSPS) is 16.3. The number of aliphatic carboxylic acids is 1. The largest absolute Gasteiger partial charge is 0.481 e. The summed E-state index contributed by atoms with van der Waals surface area (Å²) >= 11 is 1.59. The number of thioether (sulfide) groups is 1. The summed E-state index contributed by atoms with van der Waals surface area (Å²) in [5.41, 5.74) is 3.69. The molecule has 2 aromatic carbocycles. The van der Waals surface area contributed by atoms with Crippen molar-refractivity contribution in [2.24, 2.45) is 0 Å². The van der Waals surface area contributed by atoms with Crippen molar-refractivity contribution in [2.75, 3.05) is 0 Å². The minimum absolute atomic E-state index is 0.0469. The summed E-state index contributed by atoms with van der Waals surface area (Å²) in [5, 5.41) is 12.3. The predicted octanol–water partition coefficient (Wildman–Crippen LogP) is 6.04. The highest BCUT2D eigenvalue weighted by molar-refractivity contribution is 8.02. The van der Waals surface area contributed by atoms with Crippen LogP contribution in [-0.2, 0) is 11.3 Å². The van der Waals surface area contributed by atoms with Crippen molar-refractivity contribution in [1.29, 1.82) is 0 Å². The highest BCUT2D eigenvalue weighted by atomic mass is 32.2. The van der Waals surface area contributed by atoms with Crippen LogP contribution in [0.3, 0.4) is 0 Å². The summed E-state index contributed by atoms with van der Waals surface area (Å²) in [7, 11) is 0. The van der Waals surface area contributed by atoms with Gasteiger partial charge in [0.25, 0.3) is 0 Å². The number of aromatic nitrogens is 1. The van der Waals surface area contributed by atoms with Crippen LogP contribution in [0, 0.1) is 5.82 Å². The molecule has 0 spiro atoms. The average Bonchev–Trinajstić information content (AvgIpc) is 3.19. The van der Waals surface area contributed by atoms with Crippen LogP contribution in [0.4, 0.5) is 4.39 Å². The van der Waals surface area contributed by atoms with Crippen molar-refractivity contribution in [3.63, 3.8) is 0 Å². The number of carboxylic acid groups (broad SMARTS) is 1. The predicted molar refractivity (Wildman–Crippen MR) is 108 cm³/mol. The number of allylic oxidation sites excluding steroid dienone is 1. The van der Waals surface area contributed by atoms with E-state index in [1.54, 1.807) is 23.9 Å². The number of rotatable bonds is 5.